The molecular weight excluding hydrogens is 342 g/mol. The average molecular weight is 371 g/mol. The molecule has 2 amide bonds. The Morgan fingerprint density at radius 3 is 2.89 bits per heavy atom. The van der Waals surface area contributed by atoms with E-state index in [-0.39, 0.29) is 17.9 Å². The number of nitrogens with zero attached hydrogens (tertiary/aromatic N) is 4. The van der Waals surface area contributed by atoms with E-state index in [0.717, 1.165) is 50.0 Å². The minimum Gasteiger partial charge on any atom is -0.368 e. The van der Waals surface area contributed by atoms with Gasteiger partial charge in [0.1, 0.15) is 5.65 Å². The molecule has 2 N–H and O–H groups in total. The number of imidazole rings is 1. The molecule has 0 bridgehead atoms. The Morgan fingerprint density at radius 1 is 1.33 bits per heavy atom. The van der Waals surface area contributed by atoms with Crippen molar-refractivity contribution in [3.05, 3.63) is 35.8 Å². The van der Waals surface area contributed by atoms with Crippen LogP contribution < -0.4 is 5.73 Å². The predicted molar refractivity (Wildman–Crippen MR) is 104 cm³/mol. The molecule has 2 aromatic rings. The lowest BCUT2D eigenvalue weighted by molar-refractivity contribution is -0.124. The van der Waals surface area contributed by atoms with Crippen LogP contribution in [-0.4, -0.2) is 57.2 Å². The second kappa shape index (κ2) is 8.52. The summed E-state index contributed by atoms with van der Waals surface area (Å²) in [6, 6.07) is 5.45. The van der Waals surface area contributed by atoms with E-state index in [4.69, 9.17) is 5.73 Å². The third-order valence-corrected chi connectivity index (χ3v) is 5.32. The summed E-state index contributed by atoms with van der Waals surface area (Å²) in [5.41, 5.74) is 7.66. The fraction of sp³-hybridized carbons (Fsp3) is 0.550. The van der Waals surface area contributed by atoms with Crippen LogP contribution in [0.25, 0.3) is 5.65 Å². The highest BCUT2D eigenvalue weighted by atomic mass is 16.2. The first-order valence-electron chi connectivity index (χ1n) is 9.77. The smallest absolute Gasteiger partial charge is 0.274 e. The van der Waals surface area contributed by atoms with Crippen molar-refractivity contribution in [2.45, 2.75) is 51.6 Å². The maximum Gasteiger partial charge on any atom is 0.274 e. The third-order valence-electron chi connectivity index (χ3n) is 5.32. The first kappa shape index (κ1) is 19.4. The Labute approximate surface area is 160 Å². The van der Waals surface area contributed by atoms with Gasteiger partial charge in [-0.25, -0.2) is 4.98 Å². The zero-order chi connectivity index (χ0) is 19.4. The summed E-state index contributed by atoms with van der Waals surface area (Å²) in [7, 11) is 1.82. The van der Waals surface area contributed by atoms with E-state index >= 15 is 0 Å². The van der Waals surface area contributed by atoms with Gasteiger partial charge in [0.2, 0.25) is 5.91 Å². The monoisotopic (exact) mass is 371 g/mol. The van der Waals surface area contributed by atoms with Crippen LogP contribution in [0.15, 0.2) is 24.4 Å². The molecule has 0 aliphatic carbocycles. The molecule has 1 aliphatic heterocycles. The molecule has 1 unspecified atom stereocenters. The van der Waals surface area contributed by atoms with Crippen LogP contribution in [0.1, 0.15) is 55.2 Å². The van der Waals surface area contributed by atoms with Gasteiger partial charge in [-0.15, -0.1) is 0 Å². The van der Waals surface area contributed by atoms with Crippen molar-refractivity contribution in [2.75, 3.05) is 20.1 Å². The van der Waals surface area contributed by atoms with Crippen LogP contribution in [0.2, 0.25) is 0 Å². The number of hydrogen-bond acceptors (Lipinski definition) is 4. The summed E-state index contributed by atoms with van der Waals surface area (Å²) in [5, 5.41) is 0. The highest BCUT2D eigenvalue weighted by Crippen LogP contribution is 2.23. The SMILES string of the molecule is CCCCN(C)C(=O)c1nc2ccccn2c1CN1CCCCC1C(N)=O. The molecule has 1 atom stereocenters. The van der Waals surface area contributed by atoms with Gasteiger partial charge in [0.05, 0.1) is 11.7 Å². The Hall–Kier alpha value is -2.41. The van der Waals surface area contributed by atoms with Gasteiger partial charge >= 0.3 is 0 Å². The molecule has 3 rings (SSSR count). The summed E-state index contributed by atoms with van der Waals surface area (Å²) >= 11 is 0. The highest BCUT2D eigenvalue weighted by Gasteiger charge is 2.30. The molecule has 1 fully saturated rings. The fourth-order valence-corrected chi connectivity index (χ4v) is 3.74. The second-order valence-corrected chi connectivity index (χ2v) is 7.30. The number of carbonyl (C=O) groups excluding carboxylic acids is 2. The molecular formula is C20H29N5O2. The van der Waals surface area contributed by atoms with E-state index in [2.05, 4.69) is 16.8 Å². The van der Waals surface area contributed by atoms with Gasteiger partial charge in [0.25, 0.3) is 5.91 Å². The Kier molecular flexibility index (Phi) is 6.11. The number of nitrogens with two attached hydrogens (primary N) is 1. The summed E-state index contributed by atoms with van der Waals surface area (Å²) in [6.45, 7) is 4.10. The van der Waals surface area contributed by atoms with Crippen molar-refractivity contribution in [2.24, 2.45) is 5.73 Å². The van der Waals surface area contributed by atoms with Crippen molar-refractivity contribution < 1.29 is 9.59 Å². The number of aromatic nitrogens is 2. The number of likely N-dealkylation sites (tertiary alicyclic amines) is 1. The largest absolute Gasteiger partial charge is 0.368 e. The maximum absolute atomic E-state index is 13.0. The Morgan fingerprint density at radius 2 is 2.15 bits per heavy atom. The summed E-state index contributed by atoms with van der Waals surface area (Å²) in [5.74, 6) is -0.369. The van der Waals surface area contributed by atoms with Gasteiger partial charge in [0, 0.05) is 26.3 Å². The van der Waals surface area contributed by atoms with Gasteiger partial charge in [-0.3, -0.25) is 14.5 Å². The first-order valence-corrected chi connectivity index (χ1v) is 9.77. The van der Waals surface area contributed by atoms with E-state index in [1.165, 1.54) is 0 Å². The molecule has 1 saturated heterocycles. The van der Waals surface area contributed by atoms with Crippen LogP contribution in [0.3, 0.4) is 0 Å². The van der Waals surface area contributed by atoms with Crippen LogP contribution in [-0.2, 0) is 11.3 Å². The van der Waals surface area contributed by atoms with Gasteiger partial charge in [0.15, 0.2) is 5.69 Å². The second-order valence-electron chi connectivity index (χ2n) is 7.30. The normalized spacial score (nSPS) is 17.9. The van der Waals surface area contributed by atoms with Gasteiger partial charge in [-0.1, -0.05) is 25.8 Å². The lowest BCUT2D eigenvalue weighted by Crippen LogP contribution is -2.47. The summed E-state index contributed by atoms with van der Waals surface area (Å²) < 4.78 is 1.95. The molecule has 0 aromatic carbocycles. The van der Waals surface area contributed by atoms with E-state index in [1.807, 2.05) is 35.8 Å². The highest BCUT2D eigenvalue weighted by molar-refractivity contribution is 5.94. The zero-order valence-electron chi connectivity index (χ0n) is 16.2. The zero-order valence-corrected chi connectivity index (χ0v) is 16.2. The molecule has 2 aromatic heterocycles. The standard InChI is InChI=1S/C20H29N5O2/c1-3-4-11-23(2)20(27)18-16(25-13-8-6-10-17(25)22-18)14-24-12-7-5-9-15(24)19(21)26/h6,8,10,13,15H,3-5,7,9,11-12,14H2,1-2H3,(H2,21,26). The molecule has 27 heavy (non-hydrogen) atoms. The number of piperidine rings is 1. The summed E-state index contributed by atoms with van der Waals surface area (Å²) in [4.78, 5) is 33.4. The Bertz CT molecular complexity index is 816. The van der Waals surface area contributed by atoms with Crippen molar-refractivity contribution >= 4 is 17.5 Å². The molecule has 3 heterocycles. The third kappa shape index (κ3) is 4.13. The first-order chi connectivity index (χ1) is 13.0. The van der Waals surface area contributed by atoms with E-state index in [9.17, 15) is 9.59 Å². The molecule has 7 heteroatoms. The number of hydrogen-bond donors (Lipinski definition) is 1. The molecule has 146 valence electrons. The average Bonchev–Trinajstić information content (AvgIpc) is 3.04. The number of pyridine rings is 1. The maximum atomic E-state index is 13.0. The van der Waals surface area contributed by atoms with Crippen LogP contribution in [0.5, 0.6) is 0 Å². The van der Waals surface area contributed by atoms with Crippen LogP contribution >= 0.6 is 0 Å². The van der Waals surface area contributed by atoms with Gasteiger partial charge in [-0.05, 0) is 37.9 Å². The minimum absolute atomic E-state index is 0.0743. The fourth-order valence-electron chi connectivity index (χ4n) is 3.74. The molecule has 7 nitrogen and oxygen atoms in total. The Balaban J connectivity index is 1.95. The number of amides is 2. The summed E-state index contributed by atoms with van der Waals surface area (Å²) in [6.07, 6.45) is 6.71. The lowest BCUT2D eigenvalue weighted by Gasteiger charge is -2.33. The quantitative estimate of drug-likeness (QED) is 0.807. The number of primary amides is 1. The van der Waals surface area contributed by atoms with E-state index in [0.29, 0.717) is 18.8 Å². The van der Waals surface area contributed by atoms with E-state index < -0.39 is 0 Å². The van der Waals surface area contributed by atoms with Crippen LogP contribution in [0, 0.1) is 0 Å². The molecule has 1 aliphatic rings. The number of unbranched alkanes of at least 4 members (excludes halogenated alkanes) is 1. The van der Waals surface area contributed by atoms with Crippen molar-refractivity contribution in [3.63, 3.8) is 0 Å². The number of carbonyl (C=O) groups is 2. The molecule has 0 spiro atoms. The number of fused-ring (bicyclic) bond motifs is 1. The van der Waals surface area contributed by atoms with E-state index in [1.54, 1.807) is 4.90 Å². The van der Waals surface area contributed by atoms with Crippen molar-refractivity contribution in [1.29, 1.82) is 0 Å². The number of rotatable bonds is 7. The predicted octanol–water partition coefficient (Wildman–Crippen LogP) is 2.05. The molecule has 0 radical (unpaired) electrons. The molecule has 0 saturated carbocycles. The van der Waals surface area contributed by atoms with Crippen LogP contribution in [0.4, 0.5) is 0 Å². The van der Waals surface area contributed by atoms with Gasteiger partial charge in [-0.2, -0.15) is 0 Å². The topological polar surface area (TPSA) is 83.9 Å². The van der Waals surface area contributed by atoms with Crippen molar-refractivity contribution in [1.82, 2.24) is 19.2 Å². The van der Waals surface area contributed by atoms with Crippen molar-refractivity contribution in [3.8, 4) is 0 Å². The lowest BCUT2D eigenvalue weighted by atomic mass is 10.0. The minimum atomic E-state index is -0.295. The van der Waals surface area contributed by atoms with Gasteiger partial charge < -0.3 is 15.0 Å².